The van der Waals surface area contributed by atoms with Crippen LogP contribution >= 0.6 is 11.3 Å². The maximum atomic E-state index is 6.53. The van der Waals surface area contributed by atoms with Gasteiger partial charge in [0.2, 0.25) is 5.52 Å². The van der Waals surface area contributed by atoms with Gasteiger partial charge in [-0.25, -0.2) is 0 Å². The lowest BCUT2D eigenvalue weighted by Gasteiger charge is -2.28. The SMILES string of the molecule is CCN(CC)CC[n+]1c(/C=C2/c3ccccc3N(C)c3c2oc2ccccc32)sc2ccccc21. The molecule has 0 fully saturated rings. The predicted octanol–water partition coefficient (Wildman–Crippen LogP) is 6.95. The van der Waals surface area contributed by atoms with Crippen LogP contribution in [0.5, 0.6) is 0 Å². The monoisotopic (exact) mass is 480 g/mol. The summed E-state index contributed by atoms with van der Waals surface area (Å²) in [4.78, 5) is 4.76. The third-order valence-corrected chi connectivity index (χ3v) is 8.26. The van der Waals surface area contributed by atoms with Gasteiger partial charge in [-0.05, 0) is 37.4 Å². The van der Waals surface area contributed by atoms with E-state index in [-0.39, 0.29) is 0 Å². The van der Waals surface area contributed by atoms with E-state index >= 15 is 0 Å². The quantitative estimate of drug-likeness (QED) is 0.246. The van der Waals surface area contributed by atoms with Gasteiger partial charge < -0.3 is 9.32 Å². The Bertz CT molecular complexity index is 1560. The molecular formula is C30H30N3OS+. The van der Waals surface area contributed by atoms with E-state index in [1.807, 2.05) is 17.4 Å². The molecule has 176 valence electrons. The number of benzene rings is 3. The van der Waals surface area contributed by atoms with E-state index in [0.29, 0.717) is 0 Å². The predicted molar refractivity (Wildman–Crippen MR) is 147 cm³/mol. The van der Waals surface area contributed by atoms with Crippen molar-refractivity contribution in [2.24, 2.45) is 0 Å². The van der Waals surface area contributed by atoms with Crippen molar-refractivity contribution in [2.75, 3.05) is 31.6 Å². The maximum Gasteiger partial charge on any atom is 0.263 e. The lowest BCUT2D eigenvalue weighted by molar-refractivity contribution is -0.668. The molecule has 4 nitrogen and oxygen atoms in total. The second kappa shape index (κ2) is 8.99. The lowest BCUT2D eigenvalue weighted by atomic mass is 9.94. The number of para-hydroxylation sites is 3. The maximum absolute atomic E-state index is 6.53. The first-order chi connectivity index (χ1) is 17.2. The molecule has 0 aliphatic carbocycles. The van der Waals surface area contributed by atoms with Crippen LogP contribution in [0.3, 0.4) is 0 Å². The molecule has 1 aliphatic rings. The second-order valence-electron chi connectivity index (χ2n) is 9.00. The van der Waals surface area contributed by atoms with Gasteiger partial charge in [0.25, 0.3) is 5.01 Å². The molecule has 0 saturated carbocycles. The highest BCUT2D eigenvalue weighted by Gasteiger charge is 2.31. The molecule has 5 aromatic rings. The van der Waals surface area contributed by atoms with E-state index in [1.165, 1.54) is 26.5 Å². The lowest BCUT2D eigenvalue weighted by Crippen LogP contribution is -2.41. The van der Waals surface area contributed by atoms with Crippen LogP contribution in [0, 0.1) is 0 Å². The van der Waals surface area contributed by atoms with Crippen molar-refractivity contribution < 1.29 is 8.98 Å². The Hall–Kier alpha value is -3.41. The zero-order valence-electron chi connectivity index (χ0n) is 20.5. The zero-order chi connectivity index (χ0) is 23.9. The van der Waals surface area contributed by atoms with Crippen molar-refractivity contribution in [3.05, 3.63) is 89.1 Å². The molecule has 0 N–H and O–H groups in total. The van der Waals surface area contributed by atoms with Gasteiger partial charge in [-0.3, -0.25) is 4.90 Å². The van der Waals surface area contributed by atoms with Gasteiger partial charge in [-0.2, -0.15) is 4.57 Å². The number of aromatic nitrogens is 1. The van der Waals surface area contributed by atoms with Crippen LogP contribution in [-0.2, 0) is 6.54 Å². The van der Waals surface area contributed by atoms with E-state index in [0.717, 1.165) is 54.2 Å². The second-order valence-corrected chi connectivity index (χ2v) is 10.1. The van der Waals surface area contributed by atoms with Crippen molar-refractivity contribution >= 4 is 55.5 Å². The Kier molecular flexibility index (Phi) is 5.67. The smallest absolute Gasteiger partial charge is 0.263 e. The molecule has 3 heterocycles. The number of nitrogens with zero attached hydrogens (tertiary/aromatic N) is 3. The Morgan fingerprint density at radius 3 is 2.54 bits per heavy atom. The van der Waals surface area contributed by atoms with Crippen LogP contribution < -0.4 is 9.47 Å². The third-order valence-electron chi connectivity index (χ3n) is 7.14. The Balaban J connectivity index is 1.57. The fraction of sp³-hybridized carbons (Fsp3) is 0.233. The van der Waals surface area contributed by atoms with Crippen molar-refractivity contribution in [3.8, 4) is 0 Å². The molecule has 0 unspecified atom stereocenters. The van der Waals surface area contributed by atoms with Crippen molar-refractivity contribution in [3.63, 3.8) is 0 Å². The van der Waals surface area contributed by atoms with E-state index in [2.05, 4.69) is 108 Å². The summed E-state index contributed by atoms with van der Waals surface area (Å²) in [7, 11) is 2.14. The highest BCUT2D eigenvalue weighted by atomic mass is 32.1. The standard InChI is InChI=1S/C30H30N3OS/c1-4-32(5-2)18-19-33-25-15-9-11-17-27(25)35-28(33)20-23-21-12-6-8-14-24(21)31(3)29-22-13-7-10-16-26(22)34-30(23)29/h6-17,20H,4-5,18-19H2,1-3H3/q+1. The number of furan rings is 1. The third kappa shape index (κ3) is 3.67. The Labute approximate surface area is 210 Å². The van der Waals surface area contributed by atoms with Gasteiger partial charge in [-0.15, -0.1) is 0 Å². The topological polar surface area (TPSA) is 23.5 Å². The highest BCUT2D eigenvalue weighted by Crippen LogP contribution is 2.49. The van der Waals surface area contributed by atoms with Crippen molar-refractivity contribution in [2.45, 2.75) is 20.4 Å². The first-order valence-electron chi connectivity index (χ1n) is 12.4. The number of hydrogen-bond donors (Lipinski definition) is 0. The number of thiazole rings is 1. The fourth-order valence-corrected chi connectivity index (χ4v) is 6.35. The van der Waals surface area contributed by atoms with E-state index < -0.39 is 0 Å². The average Bonchev–Trinajstić information content (AvgIpc) is 3.45. The normalized spacial score (nSPS) is 14.3. The van der Waals surface area contributed by atoms with Gasteiger partial charge in [0, 0.05) is 41.4 Å². The largest absolute Gasteiger partial charge is 0.454 e. The van der Waals surface area contributed by atoms with Crippen LogP contribution in [0.4, 0.5) is 11.4 Å². The molecule has 1 aliphatic heterocycles. The summed E-state index contributed by atoms with van der Waals surface area (Å²) in [5.41, 5.74) is 6.91. The van der Waals surface area contributed by atoms with Crippen LogP contribution in [0.2, 0.25) is 0 Å². The van der Waals surface area contributed by atoms with Crippen LogP contribution in [0.1, 0.15) is 30.2 Å². The minimum absolute atomic E-state index is 0.925. The van der Waals surface area contributed by atoms with Gasteiger partial charge >= 0.3 is 0 Å². The molecule has 0 saturated heterocycles. The summed E-state index contributed by atoms with van der Waals surface area (Å²) in [6.07, 6.45) is 2.35. The highest BCUT2D eigenvalue weighted by molar-refractivity contribution is 7.18. The number of anilines is 2. The van der Waals surface area contributed by atoms with E-state index in [1.54, 1.807) is 0 Å². The van der Waals surface area contributed by atoms with Gasteiger partial charge in [0.15, 0.2) is 12.3 Å². The molecule has 0 spiro atoms. The average molecular weight is 481 g/mol. The molecule has 6 rings (SSSR count). The van der Waals surface area contributed by atoms with Gasteiger partial charge in [0.05, 0.1) is 12.2 Å². The summed E-state index contributed by atoms with van der Waals surface area (Å²) in [6.45, 7) is 8.60. The zero-order valence-corrected chi connectivity index (χ0v) is 21.3. The number of fused-ring (bicyclic) bond motifs is 5. The summed E-state index contributed by atoms with van der Waals surface area (Å²) in [5.74, 6) is 0.945. The van der Waals surface area contributed by atoms with Crippen molar-refractivity contribution in [1.82, 2.24) is 4.90 Å². The van der Waals surface area contributed by atoms with Gasteiger partial charge in [0.1, 0.15) is 10.3 Å². The molecule has 0 atom stereocenters. The number of hydrogen-bond acceptors (Lipinski definition) is 4. The molecule has 35 heavy (non-hydrogen) atoms. The van der Waals surface area contributed by atoms with Crippen LogP contribution in [0.15, 0.2) is 77.2 Å². The number of rotatable bonds is 6. The minimum atomic E-state index is 0.925. The molecule has 0 radical (unpaired) electrons. The molecule has 0 amide bonds. The summed E-state index contributed by atoms with van der Waals surface area (Å²) >= 11 is 1.85. The molecule has 3 aromatic carbocycles. The van der Waals surface area contributed by atoms with E-state index in [9.17, 15) is 0 Å². The number of likely N-dealkylation sites (N-methyl/N-ethyl adjacent to an activating group) is 1. The first-order valence-corrected chi connectivity index (χ1v) is 13.2. The van der Waals surface area contributed by atoms with Gasteiger partial charge in [-0.1, -0.05) is 67.6 Å². The summed E-state index contributed by atoms with van der Waals surface area (Å²) in [5, 5.41) is 2.40. The molecule has 0 bridgehead atoms. The summed E-state index contributed by atoms with van der Waals surface area (Å²) < 4.78 is 10.3. The van der Waals surface area contributed by atoms with Crippen molar-refractivity contribution in [1.29, 1.82) is 0 Å². The molecular weight excluding hydrogens is 450 g/mol. The summed E-state index contributed by atoms with van der Waals surface area (Å²) in [6, 6.07) is 25.7. The van der Waals surface area contributed by atoms with Crippen LogP contribution in [-0.4, -0.2) is 31.6 Å². The fourth-order valence-electron chi connectivity index (χ4n) is 5.22. The van der Waals surface area contributed by atoms with E-state index in [4.69, 9.17) is 4.42 Å². The van der Waals surface area contributed by atoms with Crippen LogP contribution in [0.25, 0.3) is 32.8 Å². The minimum Gasteiger partial charge on any atom is -0.454 e. The Morgan fingerprint density at radius 2 is 1.69 bits per heavy atom. The molecule has 5 heteroatoms. The Morgan fingerprint density at radius 1 is 0.943 bits per heavy atom. The first kappa shape index (κ1) is 22.1. The molecule has 2 aromatic heterocycles.